The normalized spacial score (nSPS) is 10.8. The molecule has 0 saturated heterocycles. The summed E-state index contributed by atoms with van der Waals surface area (Å²) in [4.78, 5) is 2.56. The number of methoxy groups -OCH3 is 1. The van der Waals surface area contributed by atoms with Crippen molar-refractivity contribution in [2.24, 2.45) is 0 Å². The second-order valence-electron chi connectivity index (χ2n) is 4.35. The molecule has 2 aromatic rings. The minimum Gasteiger partial charge on any atom is -0.379 e. The number of ether oxygens (including phenoxy) is 1. The van der Waals surface area contributed by atoms with Crippen LogP contribution in [0.4, 0.5) is 4.39 Å². The third-order valence-corrected chi connectivity index (χ3v) is 3.87. The van der Waals surface area contributed by atoms with Gasteiger partial charge in [0.25, 0.3) is 0 Å². The van der Waals surface area contributed by atoms with Crippen molar-refractivity contribution in [1.82, 2.24) is 5.32 Å². The Balaban J connectivity index is 1.69. The molecule has 0 atom stereocenters. The summed E-state index contributed by atoms with van der Waals surface area (Å²) < 4.78 is 17.8. The fourth-order valence-electron chi connectivity index (χ4n) is 1.83. The van der Waals surface area contributed by atoms with Gasteiger partial charge in [0, 0.05) is 23.4 Å². The largest absolute Gasteiger partial charge is 0.379 e. The van der Waals surface area contributed by atoms with Crippen LogP contribution in [0.5, 0.6) is 0 Å². The molecule has 1 N–H and O–H groups in total. The van der Waals surface area contributed by atoms with E-state index in [1.165, 1.54) is 21.9 Å². The van der Waals surface area contributed by atoms with Crippen LogP contribution in [-0.4, -0.2) is 13.7 Å². The lowest BCUT2D eigenvalue weighted by atomic mass is 10.1. The van der Waals surface area contributed by atoms with Crippen molar-refractivity contribution in [2.45, 2.75) is 19.6 Å². The zero-order valence-corrected chi connectivity index (χ0v) is 11.8. The van der Waals surface area contributed by atoms with Gasteiger partial charge in [0.15, 0.2) is 0 Å². The van der Waals surface area contributed by atoms with E-state index in [0.717, 1.165) is 25.1 Å². The molecule has 0 aliphatic carbocycles. The van der Waals surface area contributed by atoms with Crippen molar-refractivity contribution >= 4 is 11.3 Å². The fraction of sp³-hybridized carbons (Fsp3) is 0.333. The van der Waals surface area contributed by atoms with Crippen molar-refractivity contribution in [1.29, 1.82) is 0 Å². The van der Waals surface area contributed by atoms with E-state index in [9.17, 15) is 4.39 Å². The summed E-state index contributed by atoms with van der Waals surface area (Å²) in [7, 11) is 1.71. The average molecular weight is 279 g/mol. The monoisotopic (exact) mass is 279 g/mol. The second-order valence-corrected chi connectivity index (χ2v) is 5.61. The second kappa shape index (κ2) is 7.38. The third kappa shape index (κ3) is 4.74. The van der Waals surface area contributed by atoms with Gasteiger partial charge < -0.3 is 10.1 Å². The minimum atomic E-state index is -0.180. The van der Waals surface area contributed by atoms with Gasteiger partial charge in [-0.15, -0.1) is 11.3 Å². The molecule has 4 heteroatoms. The zero-order valence-electron chi connectivity index (χ0n) is 11.0. The molecule has 1 aromatic heterocycles. The topological polar surface area (TPSA) is 21.3 Å². The van der Waals surface area contributed by atoms with Crippen LogP contribution in [0.1, 0.15) is 15.3 Å². The predicted octanol–water partition coefficient (Wildman–Crippen LogP) is 3.37. The molecule has 0 amide bonds. The fourth-order valence-corrected chi connectivity index (χ4v) is 2.79. The molecule has 0 bridgehead atoms. The first-order chi connectivity index (χ1) is 9.28. The Bertz CT molecular complexity index is 495. The first-order valence-electron chi connectivity index (χ1n) is 6.29. The molecule has 0 unspecified atom stereocenters. The van der Waals surface area contributed by atoms with E-state index in [2.05, 4.69) is 17.4 Å². The number of halogens is 1. The number of hydrogen-bond acceptors (Lipinski definition) is 3. The summed E-state index contributed by atoms with van der Waals surface area (Å²) in [6.07, 6.45) is 0.913. The highest BCUT2D eigenvalue weighted by atomic mass is 32.1. The predicted molar refractivity (Wildman–Crippen MR) is 76.8 cm³/mol. The molecule has 0 spiro atoms. The lowest BCUT2D eigenvalue weighted by Gasteiger charge is -2.03. The quantitative estimate of drug-likeness (QED) is 0.785. The van der Waals surface area contributed by atoms with Crippen molar-refractivity contribution in [2.75, 3.05) is 13.7 Å². The van der Waals surface area contributed by atoms with Crippen LogP contribution in [0.25, 0.3) is 0 Å². The molecular formula is C15H18FNOS. The van der Waals surface area contributed by atoms with E-state index in [4.69, 9.17) is 4.74 Å². The molecule has 102 valence electrons. The maximum absolute atomic E-state index is 12.7. The van der Waals surface area contributed by atoms with Crippen LogP contribution in [-0.2, 0) is 24.3 Å². The Morgan fingerprint density at radius 2 is 1.84 bits per heavy atom. The first kappa shape index (κ1) is 14.2. The molecule has 0 aliphatic rings. The highest BCUT2D eigenvalue weighted by molar-refractivity contribution is 7.11. The Morgan fingerprint density at radius 3 is 2.58 bits per heavy atom. The summed E-state index contributed by atoms with van der Waals surface area (Å²) in [5.41, 5.74) is 1.15. The van der Waals surface area contributed by atoms with E-state index in [1.807, 2.05) is 12.1 Å². The van der Waals surface area contributed by atoms with Gasteiger partial charge in [0.2, 0.25) is 0 Å². The van der Waals surface area contributed by atoms with Crippen molar-refractivity contribution < 1.29 is 9.13 Å². The SMILES string of the molecule is COCc1ccc(CNCCc2ccc(F)cc2)s1. The molecular weight excluding hydrogens is 261 g/mol. The number of hydrogen-bond donors (Lipinski definition) is 1. The number of nitrogens with one attached hydrogen (secondary N) is 1. The molecule has 2 nitrogen and oxygen atoms in total. The van der Waals surface area contributed by atoms with E-state index in [1.54, 1.807) is 18.4 Å². The van der Waals surface area contributed by atoms with Gasteiger partial charge in [-0.2, -0.15) is 0 Å². The van der Waals surface area contributed by atoms with E-state index >= 15 is 0 Å². The van der Waals surface area contributed by atoms with Crippen LogP contribution < -0.4 is 5.32 Å². The molecule has 1 heterocycles. The van der Waals surface area contributed by atoms with E-state index < -0.39 is 0 Å². The lowest BCUT2D eigenvalue weighted by Crippen LogP contribution is -2.15. The van der Waals surface area contributed by atoms with E-state index in [0.29, 0.717) is 6.61 Å². The maximum Gasteiger partial charge on any atom is 0.123 e. The summed E-state index contributed by atoms with van der Waals surface area (Å²) in [5, 5.41) is 3.40. The zero-order chi connectivity index (χ0) is 13.5. The van der Waals surface area contributed by atoms with Crippen LogP contribution in [0, 0.1) is 5.82 Å². The molecule has 19 heavy (non-hydrogen) atoms. The number of benzene rings is 1. The first-order valence-corrected chi connectivity index (χ1v) is 7.11. The van der Waals surface area contributed by atoms with Gasteiger partial charge in [0.05, 0.1) is 6.61 Å². The molecule has 0 radical (unpaired) electrons. The molecule has 1 aromatic carbocycles. The Morgan fingerprint density at radius 1 is 1.11 bits per heavy atom. The molecule has 2 rings (SSSR count). The lowest BCUT2D eigenvalue weighted by molar-refractivity contribution is 0.187. The standard InChI is InChI=1S/C15H18FNOS/c1-18-11-15-7-6-14(19-15)10-17-9-8-12-2-4-13(16)5-3-12/h2-7,17H,8-11H2,1H3. The Hall–Kier alpha value is -1.23. The van der Waals surface area contributed by atoms with Crippen LogP contribution >= 0.6 is 11.3 Å². The van der Waals surface area contributed by atoms with E-state index in [-0.39, 0.29) is 5.82 Å². The van der Waals surface area contributed by atoms with Crippen molar-refractivity contribution in [3.8, 4) is 0 Å². The van der Waals surface area contributed by atoms with Crippen molar-refractivity contribution in [3.05, 3.63) is 57.5 Å². The van der Waals surface area contributed by atoms with Gasteiger partial charge in [-0.1, -0.05) is 12.1 Å². The summed E-state index contributed by atoms with van der Waals surface area (Å²) in [6.45, 7) is 2.44. The maximum atomic E-state index is 12.7. The van der Waals surface area contributed by atoms with Crippen LogP contribution in [0.2, 0.25) is 0 Å². The smallest absolute Gasteiger partial charge is 0.123 e. The van der Waals surface area contributed by atoms with Gasteiger partial charge >= 0.3 is 0 Å². The van der Waals surface area contributed by atoms with Crippen molar-refractivity contribution in [3.63, 3.8) is 0 Å². The number of rotatable bonds is 7. The van der Waals surface area contributed by atoms with Gasteiger partial charge in [0.1, 0.15) is 5.82 Å². The summed E-state index contributed by atoms with van der Waals surface area (Å²) >= 11 is 1.77. The number of thiophene rings is 1. The van der Waals surface area contributed by atoms with Gasteiger partial charge in [-0.3, -0.25) is 0 Å². The highest BCUT2D eigenvalue weighted by Crippen LogP contribution is 2.16. The van der Waals surface area contributed by atoms with Crippen LogP contribution in [0.3, 0.4) is 0 Å². The molecule has 0 fully saturated rings. The van der Waals surface area contributed by atoms with Crippen LogP contribution in [0.15, 0.2) is 36.4 Å². The molecule has 0 aliphatic heterocycles. The van der Waals surface area contributed by atoms with Gasteiger partial charge in [-0.25, -0.2) is 4.39 Å². The summed E-state index contributed by atoms with van der Waals surface area (Å²) in [5.74, 6) is -0.180. The van der Waals surface area contributed by atoms with Gasteiger partial charge in [-0.05, 0) is 42.8 Å². The minimum absolute atomic E-state index is 0.180. The Kier molecular flexibility index (Phi) is 5.51. The molecule has 0 saturated carbocycles. The average Bonchev–Trinajstić information content (AvgIpc) is 2.85. The Labute approximate surface area is 117 Å². The summed E-state index contributed by atoms with van der Waals surface area (Å²) in [6, 6.07) is 10.9. The third-order valence-electron chi connectivity index (χ3n) is 2.81. The highest BCUT2D eigenvalue weighted by Gasteiger charge is 2.00.